The van der Waals surface area contributed by atoms with E-state index in [2.05, 4.69) is 33.0 Å². The van der Waals surface area contributed by atoms with Gasteiger partial charge in [0.25, 0.3) is 0 Å². The molecule has 3 nitrogen and oxygen atoms in total. The summed E-state index contributed by atoms with van der Waals surface area (Å²) in [6.07, 6.45) is 2.69. The fourth-order valence-electron chi connectivity index (χ4n) is 1.42. The molecule has 0 fully saturated rings. The quantitative estimate of drug-likeness (QED) is 0.685. The lowest BCUT2D eigenvalue weighted by Gasteiger charge is -2.19. The van der Waals surface area contributed by atoms with Gasteiger partial charge in [-0.2, -0.15) is 0 Å². The highest BCUT2D eigenvalue weighted by molar-refractivity contribution is 5.81. The number of hydrogen-bond acceptors (Lipinski definition) is 2. The molecule has 0 aliphatic heterocycles. The Bertz CT molecular complexity index is 165. The molecule has 0 aromatic heterocycles. The maximum Gasteiger partial charge on any atom is 0.237 e. The summed E-state index contributed by atoms with van der Waals surface area (Å²) in [6.45, 7) is 8.29. The number of carbonyl (C=O) groups excluding carboxylic acids is 1. The minimum atomic E-state index is -0.351. The van der Waals surface area contributed by atoms with Gasteiger partial charge in [0.2, 0.25) is 5.91 Å². The zero-order valence-corrected chi connectivity index (χ0v) is 9.84. The third-order valence-corrected chi connectivity index (χ3v) is 2.39. The van der Waals surface area contributed by atoms with Crippen molar-refractivity contribution in [1.29, 1.82) is 0 Å². The summed E-state index contributed by atoms with van der Waals surface area (Å²) in [4.78, 5) is 11.6. The molecule has 0 saturated carbocycles. The van der Waals surface area contributed by atoms with Crippen molar-refractivity contribution < 1.29 is 4.79 Å². The summed E-state index contributed by atoms with van der Waals surface area (Å²) in [6, 6.07) is -0.0729. The van der Waals surface area contributed by atoms with Gasteiger partial charge in [-0.05, 0) is 25.2 Å². The van der Waals surface area contributed by atoms with E-state index in [1.165, 1.54) is 0 Å². The molecule has 84 valence electrons. The number of carbonyl (C=O) groups is 1. The van der Waals surface area contributed by atoms with E-state index in [-0.39, 0.29) is 18.0 Å². The number of nitrogens with two attached hydrogens (primary N) is 1. The van der Waals surface area contributed by atoms with Crippen molar-refractivity contribution in [3.8, 4) is 0 Å². The van der Waals surface area contributed by atoms with E-state index < -0.39 is 0 Å². The first-order valence-electron chi connectivity index (χ1n) is 5.57. The fourth-order valence-corrected chi connectivity index (χ4v) is 1.42. The van der Waals surface area contributed by atoms with Crippen LogP contribution in [-0.4, -0.2) is 18.0 Å². The van der Waals surface area contributed by atoms with Crippen LogP contribution < -0.4 is 11.1 Å². The normalized spacial score (nSPS) is 13.4. The zero-order chi connectivity index (χ0) is 11.1. The Kier molecular flexibility index (Phi) is 6.54. The first kappa shape index (κ1) is 13.4. The average molecular weight is 200 g/mol. The van der Waals surface area contributed by atoms with Gasteiger partial charge in [0.1, 0.15) is 0 Å². The Labute approximate surface area is 87.4 Å². The maximum absolute atomic E-state index is 11.6. The largest absolute Gasteiger partial charge is 0.352 e. The maximum atomic E-state index is 11.6. The van der Waals surface area contributed by atoms with Crippen LogP contribution in [0.2, 0.25) is 0 Å². The molecule has 0 aliphatic rings. The van der Waals surface area contributed by atoms with Crippen molar-refractivity contribution in [2.45, 2.75) is 59.0 Å². The number of amides is 1. The Morgan fingerprint density at radius 2 is 1.79 bits per heavy atom. The Hall–Kier alpha value is -0.570. The molecule has 3 N–H and O–H groups in total. The highest BCUT2D eigenvalue weighted by atomic mass is 16.2. The molecule has 0 unspecified atom stereocenters. The van der Waals surface area contributed by atoms with E-state index in [4.69, 9.17) is 5.73 Å². The van der Waals surface area contributed by atoms with Crippen LogP contribution in [0.15, 0.2) is 0 Å². The molecule has 0 saturated heterocycles. The summed E-state index contributed by atoms with van der Waals surface area (Å²) in [5, 5.41) is 2.96. The van der Waals surface area contributed by atoms with E-state index in [0.717, 1.165) is 19.3 Å². The summed E-state index contributed by atoms with van der Waals surface area (Å²) in [5.74, 6) is 0.463. The standard InChI is InChI=1S/C11H24N2O/c1-5-9(6-2)13-11(14)10(12)7-8(3)4/h8-10H,5-7,12H2,1-4H3,(H,13,14)/t10-/m1/s1. The van der Waals surface area contributed by atoms with Gasteiger partial charge in [-0.1, -0.05) is 27.7 Å². The van der Waals surface area contributed by atoms with E-state index in [1.54, 1.807) is 0 Å². The summed E-state index contributed by atoms with van der Waals surface area (Å²) in [5.41, 5.74) is 5.76. The molecule has 0 rings (SSSR count). The van der Waals surface area contributed by atoms with Crippen molar-refractivity contribution in [1.82, 2.24) is 5.32 Å². The summed E-state index contributed by atoms with van der Waals surface area (Å²) in [7, 11) is 0. The predicted octanol–water partition coefficient (Wildman–Crippen LogP) is 1.66. The Morgan fingerprint density at radius 1 is 1.29 bits per heavy atom. The van der Waals surface area contributed by atoms with Crippen LogP contribution in [0.1, 0.15) is 47.0 Å². The number of hydrogen-bond donors (Lipinski definition) is 2. The van der Waals surface area contributed by atoms with Crippen LogP contribution >= 0.6 is 0 Å². The van der Waals surface area contributed by atoms with E-state index in [9.17, 15) is 4.79 Å². The van der Waals surface area contributed by atoms with Gasteiger partial charge < -0.3 is 11.1 Å². The van der Waals surface area contributed by atoms with Gasteiger partial charge >= 0.3 is 0 Å². The first-order chi connectivity index (χ1) is 6.51. The zero-order valence-electron chi connectivity index (χ0n) is 9.84. The highest BCUT2D eigenvalue weighted by Gasteiger charge is 2.16. The SMILES string of the molecule is CCC(CC)NC(=O)[C@H](N)CC(C)C. The third-order valence-electron chi connectivity index (χ3n) is 2.39. The van der Waals surface area contributed by atoms with Crippen molar-refractivity contribution >= 4 is 5.91 Å². The van der Waals surface area contributed by atoms with Crippen LogP contribution in [0.5, 0.6) is 0 Å². The van der Waals surface area contributed by atoms with E-state index in [0.29, 0.717) is 5.92 Å². The summed E-state index contributed by atoms with van der Waals surface area (Å²) >= 11 is 0. The lowest BCUT2D eigenvalue weighted by Crippen LogP contribution is -2.45. The molecule has 14 heavy (non-hydrogen) atoms. The van der Waals surface area contributed by atoms with Gasteiger partial charge in [-0.3, -0.25) is 4.79 Å². The van der Waals surface area contributed by atoms with Crippen LogP contribution in [0, 0.1) is 5.92 Å². The van der Waals surface area contributed by atoms with Gasteiger partial charge in [0.15, 0.2) is 0 Å². The molecule has 0 radical (unpaired) electrons. The second-order valence-electron chi connectivity index (χ2n) is 4.26. The van der Waals surface area contributed by atoms with E-state index in [1.807, 2.05) is 0 Å². The molecule has 1 amide bonds. The Balaban J connectivity index is 3.93. The molecular formula is C11H24N2O. The summed E-state index contributed by atoms with van der Waals surface area (Å²) < 4.78 is 0. The second kappa shape index (κ2) is 6.82. The van der Waals surface area contributed by atoms with Crippen molar-refractivity contribution in [2.24, 2.45) is 11.7 Å². The third kappa shape index (κ3) is 5.22. The lowest BCUT2D eigenvalue weighted by molar-refractivity contribution is -0.123. The van der Waals surface area contributed by atoms with Gasteiger partial charge in [0.05, 0.1) is 6.04 Å². The monoisotopic (exact) mass is 200 g/mol. The molecular weight excluding hydrogens is 176 g/mol. The average Bonchev–Trinajstić information content (AvgIpc) is 2.12. The van der Waals surface area contributed by atoms with Crippen LogP contribution in [0.4, 0.5) is 0 Å². The molecule has 0 spiro atoms. The van der Waals surface area contributed by atoms with Gasteiger partial charge in [0, 0.05) is 6.04 Å². The second-order valence-corrected chi connectivity index (χ2v) is 4.26. The molecule has 0 aromatic carbocycles. The van der Waals surface area contributed by atoms with E-state index >= 15 is 0 Å². The minimum Gasteiger partial charge on any atom is -0.352 e. The molecule has 0 heterocycles. The molecule has 0 bridgehead atoms. The molecule has 3 heteroatoms. The van der Waals surface area contributed by atoms with Gasteiger partial charge in [-0.15, -0.1) is 0 Å². The smallest absolute Gasteiger partial charge is 0.237 e. The van der Waals surface area contributed by atoms with Crippen LogP contribution in [0.25, 0.3) is 0 Å². The Morgan fingerprint density at radius 3 is 2.14 bits per heavy atom. The topological polar surface area (TPSA) is 55.1 Å². The highest BCUT2D eigenvalue weighted by Crippen LogP contribution is 2.04. The number of nitrogens with one attached hydrogen (secondary N) is 1. The number of rotatable bonds is 6. The first-order valence-corrected chi connectivity index (χ1v) is 5.57. The minimum absolute atomic E-state index is 0.00704. The fraction of sp³-hybridized carbons (Fsp3) is 0.909. The molecule has 0 aliphatic carbocycles. The molecule has 0 aromatic rings. The molecule has 1 atom stereocenters. The van der Waals surface area contributed by atoms with Crippen LogP contribution in [-0.2, 0) is 4.79 Å². The predicted molar refractivity (Wildman–Crippen MR) is 59.9 cm³/mol. The van der Waals surface area contributed by atoms with Crippen molar-refractivity contribution in [3.05, 3.63) is 0 Å². The van der Waals surface area contributed by atoms with Gasteiger partial charge in [-0.25, -0.2) is 0 Å². The van der Waals surface area contributed by atoms with Crippen molar-refractivity contribution in [2.75, 3.05) is 0 Å². The van der Waals surface area contributed by atoms with Crippen molar-refractivity contribution in [3.63, 3.8) is 0 Å². The van der Waals surface area contributed by atoms with Crippen LogP contribution in [0.3, 0.4) is 0 Å². The lowest BCUT2D eigenvalue weighted by atomic mass is 10.0.